The zero-order valence-electron chi connectivity index (χ0n) is 17.7. The third-order valence-electron chi connectivity index (χ3n) is 5.38. The molecule has 6 nitrogen and oxygen atoms in total. The zero-order chi connectivity index (χ0) is 21.2. The lowest BCUT2D eigenvalue weighted by Gasteiger charge is -2.32. The highest BCUT2D eigenvalue weighted by atomic mass is 16.5. The van der Waals surface area contributed by atoms with Crippen LogP contribution in [-0.4, -0.2) is 41.4 Å². The molecule has 0 radical (unpaired) electrons. The number of nitrogens with zero attached hydrogens (tertiary/aromatic N) is 2. The minimum absolute atomic E-state index is 0.0180. The van der Waals surface area contributed by atoms with Crippen molar-refractivity contribution in [2.45, 2.75) is 45.6 Å². The fourth-order valence-corrected chi connectivity index (χ4v) is 3.63. The van der Waals surface area contributed by atoms with Gasteiger partial charge in [-0.15, -0.1) is 0 Å². The Morgan fingerprint density at radius 1 is 1.20 bits per heavy atom. The molecular weight excluding hydrogens is 378 g/mol. The number of hydrogen-bond acceptors (Lipinski definition) is 4. The van der Waals surface area contributed by atoms with Gasteiger partial charge in [-0.1, -0.05) is 49.7 Å². The molecule has 1 aliphatic rings. The summed E-state index contributed by atoms with van der Waals surface area (Å²) in [7, 11) is 0. The van der Waals surface area contributed by atoms with Crippen LogP contribution in [0.2, 0.25) is 0 Å². The third-order valence-corrected chi connectivity index (χ3v) is 5.38. The number of likely N-dealkylation sites (tertiary alicyclic amines) is 1. The van der Waals surface area contributed by atoms with Crippen LogP contribution in [0.4, 0.5) is 0 Å². The summed E-state index contributed by atoms with van der Waals surface area (Å²) >= 11 is 0. The van der Waals surface area contributed by atoms with Gasteiger partial charge in [-0.05, 0) is 30.9 Å². The molecule has 2 amide bonds. The maximum atomic E-state index is 12.8. The van der Waals surface area contributed by atoms with Gasteiger partial charge in [-0.2, -0.15) is 0 Å². The number of ether oxygens (including phenoxy) is 1. The lowest BCUT2D eigenvalue weighted by molar-refractivity contribution is -0.135. The van der Waals surface area contributed by atoms with Crippen LogP contribution in [0, 0.1) is 5.92 Å². The van der Waals surface area contributed by atoms with Crippen LogP contribution >= 0.6 is 0 Å². The van der Waals surface area contributed by atoms with Crippen LogP contribution in [0.1, 0.15) is 43.7 Å². The van der Waals surface area contributed by atoms with Crippen LogP contribution in [0.25, 0.3) is 0 Å². The van der Waals surface area contributed by atoms with Gasteiger partial charge in [0.25, 0.3) is 0 Å². The van der Waals surface area contributed by atoms with Crippen molar-refractivity contribution in [1.29, 1.82) is 0 Å². The van der Waals surface area contributed by atoms with Gasteiger partial charge in [0, 0.05) is 31.4 Å². The van der Waals surface area contributed by atoms with Gasteiger partial charge >= 0.3 is 0 Å². The molecule has 2 heterocycles. The number of carbonyl (C=O) groups is 2. The summed E-state index contributed by atoms with van der Waals surface area (Å²) < 4.78 is 5.75. The third kappa shape index (κ3) is 6.31. The molecule has 1 fully saturated rings. The van der Waals surface area contributed by atoms with Gasteiger partial charge in [0.15, 0.2) is 0 Å². The topological polar surface area (TPSA) is 71.5 Å². The summed E-state index contributed by atoms with van der Waals surface area (Å²) in [5, 5.41) is 3.01. The number of hydrogen-bond donors (Lipinski definition) is 1. The summed E-state index contributed by atoms with van der Waals surface area (Å²) in [6.45, 7) is 4.30. The van der Waals surface area contributed by atoms with Crippen LogP contribution in [0.5, 0.6) is 5.88 Å². The number of piperidine rings is 1. The molecule has 0 aliphatic carbocycles. The Bertz CT molecular complexity index is 825. The Kier molecular flexibility index (Phi) is 8.24. The Hall–Kier alpha value is -2.89. The molecular formula is C24H31N3O3. The highest BCUT2D eigenvalue weighted by Crippen LogP contribution is 2.19. The summed E-state index contributed by atoms with van der Waals surface area (Å²) in [6.07, 6.45) is 5.75. The quantitative estimate of drug-likeness (QED) is 0.645. The molecule has 30 heavy (non-hydrogen) atoms. The van der Waals surface area contributed by atoms with Crippen LogP contribution in [-0.2, 0) is 22.6 Å². The largest absolute Gasteiger partial charge is 0.477 e. The van der Waals surface area contributed by atoms with Gasteiger partial charge in [0.1, 0.15) is 0 Å². The fourth-order valence-electron chi connectivity index (χ4n) is 3.63. The maximum absolute atomic E-state index is 12.8. The first-order chi connectivity index (χ1) is 14.7. The molecule has 1 unspecified atom stereocenters. The van der Waals surface area contributed by atoms with Gasteiger partial charge in [0.05, 0.1) is 18.9 Å². The van der Waals surface area contributed by atoms with Crippen molar-refractivity contribution in [3.63, 3.8) is 0 Å². The molecule has 1 aliphatic heterocycles. The number of unbranched alkanes of at least 4 members (excludes halogenated alkanes) is 1. The number of aromatic nitrogens is 1. The lowest BCUT2D eigenvalue weighted by Crippen LogP contribution is -2.45. The number of rotatable bonds is 9. The standard InChI is InChI=1S/C24H31N3O3/c1-2-3-15-30-24-20(11-7-13-25-24)17-26-23(29)21-12-8-14-27(18-21)22(28)16-19-9-5-4-6-10-19/h4-7,9-11,13,21H,2-3,8,12,14-18H2,1H3,(H,26,29). The first kappa shape index (κ1) is 21.8. The highest BCUT2D eigenvalue weighted by Gasteiger charge is 2.28. The van der Waals surface area contributed by atoms with Crippen LogP contribution in [0.3, 0.4) is 0 Å². The zero-order valence-corrected chi connectivity index (χ0v) is 17.7. The molecule has 1 aromatic heterocycles. The number of carbonyl (C=O) groups excluding carboxylic acids is 2. The van der Waals surface area contributed by atoms with E-state index in [9.17, 15) is 9.59 Å². The molecule has 1 saturated heterocycles. The molecule has 0 saturated carbocycles. The Morgan fingerprint density at radius 2 is 2.03 bits per heavy atom. The highest BCUT2D eigenvalue weighted by molar-refractivity contribution is 5.82. The molecule has 160 valence electrons. The van der Waals surface area contributed by atoms with E-state index in [4.69, 9.17) is 4.74 Å². The van der Waals surface area contributed by atoms with Gasteiger partial charge in [0.2, 0.25) is 17.7 Å². The average molecular weight is 410 g/mol. The molecule has 1 N–H and O–H groups in total. The summed E-state index contributed by atoms with van der Waals surface area (Å²) in [5.41, 5.74) is 1.87. The first-order valence-electron chi connectivity index (χ1n) is 10.8. The van der Waals surface area contributed by atoms with Gasteiger partial charge in [-0.25, -0.2) is 4.98 Å². The summed E-state index contributed by atoms with van der Waals surface area (Å²) in [4.78, 5) is 31.5. The molecule has 0 bridgehead atoms. The molecule has 1 atom stereocenters. The number of nitrogens with one attached hydrogen (secondary N) is 1. The van der Waals surface area contributed by atoms with E-state index in [1.54, 1.807) is 6.20 Å². The number of pyridine rings is 1. The normalized spacial score (nSPS) is 16.2. The van der Waals surface area contributed by atoms with Crippen molar-refractivity contribution in [2.24, 2.45) is 5.92 Å². The second-order valence-electron chi connectivity index (χ2n) is 7.73. The van der Waals surface area contributed by atoms with E-state index in [-0.39, 0.29) is 17.7 Å². The summed E-state index contributed by atoms with van der Waals surface area (Å²) in [6, 6.07) is 13.5. The van der Waals surface area contributed by atoms with E-state index in [1.165, 1.54) is 0 Å². The van der Waals surface area contributed by atoms with E-state index in [2.05, 4.69) is 17.2 Å². The second-order valence-corrected chi connectivity index (χ2v) is 7.73. The Balaban J connectivity index is 1.51. The van der Waals surface area contributed by atoms with Crippen LogP contribution in [0.15, 0.2) is 48.7 Å². The van der Waals surface area contributed by atoms with Gasteiger partial charge in [-0.3, -0.25) is 9.59 Å². The predicted molar refractivity (Wildman–Crippen MR) is 116 cm³/mol. The Morgan fingerprint density at radius 3 is 2.83 bits per heavy atom. The average Bonchev–Trinajstić information content (AvgIpc) is 2.79. The lowest BCUT2D eigenvalue weighted by atomic mass is 9.96. The van der Waals surface area contributed by atoms with E-state index in [0.717, 1.165) is 36.8 Å². The monoisotopic (exact) mass is 409 g/mol. The number of amides is 2. The van der Waals surface area contributed by atoms with Crippen molar-refractivity contribution in [3.8, 4) is 5.88 Å². The molecule has 6 heteroatoms. The van der Waals surface area contributed by atoms with Crippen molar-refractivity contribution >= 4 is 11.8 Å². The molecule has 3 rings (SSSR count). The van der Waals surface area contributed by atoms with Crippen molar-refractivity contribution in [1.82, 2.24) is 15.2 Å². The minimum atomic E-state index is -0.181. The second kappa shape index (κ2) is 11.3. The fraction of sp³-hybridized carbons (Fsp3) is 0.458. The van der Waals surface area contributed by atoms with Gasteiger partial charge < -0.3 is 15.0 Å². The van der Waals surface area contributed by atoms with E-state index in [0.29, 0.717) is 38.5 Å². The van der Waals surface area contributed by atoms with Crippen molar-refractivity contribution < 1.29 is 14.3 Å². The van der Waals surface area contributed by atoms with E-state index < -0.39 is 0 Å². The molecule has 1 aromatic carbocycles. The van der Waals surface area contributed by atoms with Crippen LogP contribution < -0.4 is 10.1 Å². The Labute approximate surface area is 178 Å². The molecule has 2 aromatic rings. The smallest absolute Gasteiger partial charge is 0.227 e. The predicted octanol–water partition coefficient (Wildman–Crippen LogP) is 3.36. The maximum Gasteiger partial charge on any atom is 0.227 e. The van der Waals surface area contributed by atoms with E-state index >= 15 is 0 Å². The summed E-state index contributed by atoms with van der Waals surface area (Å²) in [5.74, 6) is 0.460. The SMILES string of the molecule is CCCCOc1ncccc1CNC(=O)C1CCCN(C(=O)Cc2ccccc2)C1. The van der Waals surface area contributed by atoms with Crippen molar-refractivity contribution in [2.75, 3.05) is 19.7 Å². The van der Waals surface area contributed by atoms with E-state index in [1.807, 2.05) is 47.4 Å². The minimum Gasteiger partial charge on any atom is -0.477 e. The van der Waals surface area contributed by atoms with Crippen molar-refractivity contribution in [3.05, 3.63) is 59.8 Å². The first-order valence-corrected chi connectivity index (χ1v) is 10.8. The number of benzene rings is 1. The molecule has 0 spiro atoms.